The Kier molecular flexibility index (Phi) is 6.94. The minimum absolute atomic E-state index is 0. The highest BCUT2D eigenvalue weighted by atomic mass is 35.5. The van der Waals surface area contributed by atoms with Gasteiger partial charge < -0.3 is 10.2 Å². The molecule has 0 radical (unpaired) electrons. The summed E-state index contributed by atoms with van der Waals surface area (Å²) in [6, 6.07) is 0. The molecule has 0 spiro atoms. The van der Waals surface area contributed by atoms with Crippen LogP contribution in [0.15, 0.2) is 11.6 Å². The molecule has 3 aliphatic rings. The summed E-state index contributed by atoms with van der Waals surface area (Å²) >= 11 is 1.74. The van der Waals surface area contributed by atoms with Crippen LogP contribution in [-0.4, -0.2) is 42.0 Å². The molecule has 1 N–H and O–H groups in total. The van der Waals surface area contributed by atoms with Gasteiger partial charge in [-0.25, -0.2) is 4.98 Å². The Balaban J connectivity index is 0.00000104. The molecule has 7 heteroatoms. The Bertz CT molecular complexity index is 542. The standard InChI is InChI=1S/C17H25N3OS.2ClH/c21-16(17-6-2-1-5-14(17)10-18-12-17)20-8-3-4-13(11-20)15-19-7-9-22-15;;/h7,9,13-14,18H,1-6,8,10-12H2;2*1H/t13?,14-,17+;;/m0../s1. The zero-order chi connectivity index (χ0) is 15.0. The lowest BCUT2D eigenvalue weighted by Crippen LogP contribution is -2.52. The number of piperidine rings is 1. The van der Waals surface area contributed by atoms with E-state index >= 15 is 0 Å². The van der Waals surface area contributed by atoms with Crippen LogP contribution in [0.3, 0.4) is 0 Å². The monoisotopic (exact) mass is 391 g/mol. The van der Waals surface area contributed by atoms with Crippen LogP contribution >= 0.6 is 36.2 Å². The van der Waals surface area contributed by atoms with Crippen LogP contribution in [0.2, 0.25) is 0 Å². The van der Waals surface area contributed by atoms with Gasteiger partial charge in [-0.3, -0.25) is 4.79 Å². The molecule has 24 heavy (non-hydrogen) atoms. The Hall–Kier alpha value is -0.360. The van der Waals surface area contributed by atoms with Gasteiger partial charge in [0.25, 0.3) is 0 Å². The smallest absolute Gasteiger partial charge is 0.230 e. The van der Waals surface area contributed by atoms with Gasteiger partial charge in [0.05, 0.1) is 10.4 Å². The van der Waals surface area contributed by atoms with Gasteiger partial charge in [-0.2, -0.15) is 0 Å². The van der Waals surface area contributed by atoms with E-state index in [0.29, 0.717) is 17.7 Å². The van der Waals surface area contributed by atoms with E-state index in [1.807, 2.05) is 11.6 Å². The number of carbonyl (C=O) groups is 1. The number of aromatic nitrogens is 1. The Morgan fingerprint density at radius 2 is 2.17 bits per heavy atom. The molecule has 1 aromatic heterocycles. The Morgan fingerprint density at radius 1 is 1.29 bits per heavy atom. The molecule has 3 heterocycles. The fourth-order valence-corrected chi connectivity index (χ4v) is 5.55. The number of thiazole rings is 1. The van der Waals surface area contributed by atoms with Crippen molar-refractivity contribution in [2.75, 3.05) is 26.2 Å². The van der Waals surface area contributed by atoms with Gasteiger partial charge in [0.1, 0.15) is 0 Å². The molecule has 0 aromatic carbocycles. The van der Waals surface area contributed by atoms with Gasteiger partial charge in [-0.05, 0) is 38.1 Å². The number of amides is 1. The molecule has 1 amide bonds. The van der Waals surface area contributed by atoms with Gasteiger partial charge >= 0.3 is 0 Å². The maximum atomic E-state index is 13.3. The zero-order valence-corrected chi connectivity index (χ0v) is 16.4. The van der Waals surface area contributed by atoms with Crippen LogP contribution in [0, 0.1) is 11.3 Å². The van der Waals surface area contributed by atoms with Crippen molar-refractivity contribution in [2.24, 2.45) is 11.3 Å². The van der Waals surface area contributed by atoms with Crippen LogP contribution in [0.1, 0.15) is 49.5 Å². The predicted molar refractivity (Wildman–Crippen MR) is 102 cm³/mol. The summed E-state index contributed by atoms with van der Waals surface area (Å²) in [6.07, 6.45) is 8.99. The van der Waals surface area contributed by atoms with E-state index in [2.05, 4.69) is 15.2 Å². The molecule has 1 unspecified atom stereocenters. The van der Waals surface area contributed by atoms with Crippen molar-refractivity contribution in [3.8, 4) is 0 Å². The fourth-order valence-electron chi connectivity index (χ4n) is 4.78. The first-order valence-electron chi connectivity index (χ1n) is 8.69. The van der Waals surface area contributed by atoms with Crippen molar-refractivity contribution in [2.45, 2.75) is 44.4 Å². The molecule has 3 atom stereocenters. The van der Waals surface area contributed by atoms with Crippen LogP contribution in [-0.2, 0) is 4.79 Å². The number of fused-ring (bicyclic) bond motifs is 1. The average Bonchev–Trinajstić information content (AvgIpc) is 3.24. The number of halogens is 2. The summed E-state index contributed by atoms with van der Waals surface area (Å²) in [5, 5.41) is 6.76. The van der Waals surface area contributed by atoms with Gasteiger partial charge in [0, 0.05) is 37.1 Å². The number of nitrogens with one attached hydrogen (secondary N) is 1. The lowest BCUT2D eigenvalue weighted by Gasteiger charge is -2.43. The minimum Gasteiger partial charge on any atom is -0.341 e. The van der Waals surface area contributed by atoms with Crippen molar-refractivity contribution >= 4 is 42.1 Å². The largest absolute Gasteiger partial charge is 0.341 e. The second-order valence-electron chi connectivity index (χ2n) is 7.19. The number of nitrogens with zero attached hydrogens (tertiary/aromatic N) is 2. The minimum atomic E-state index is -0.0942. The first-order valence-corrected chi connectivity index (χ1v) is 9.57. The average molecular weight is 392 g/mol. The lowest BCUT2D eigenvalue weighted by molar-refractivity contribution is -0.146. The SMILES string of the molecule is Cl.Cl.O=C(N1CCCC(c2nccs2)C1)[C@@]12CCCC[C@H]1CNC2. The van der Waals surface area contributed by atoms with Crippen molar-refractivity contribution < 1.29 is 4.79 Å². The van der Waals surface area contributed by atoms with Gasteiger partial charge in [-0.15, -0.1) is 36.2 Å². The maximum absolute atomic E-state index is 13.3. The highest BCUT2D eigenvalue weighted by Gasteiger charge is 2.51. The molecule has 3 fully saturated rings. The normalized spacial score (nSPS) is 32.4. The number of carbonyl (C=O) groups excluding carboxylic acids is 1. The van der Waals surface area contributed by atoms with E-state index in [1.165, 1.54) is 30.7 Å². The number of likely N-dealkylation sites (tertiary alicyclic amines) is 1. The molecule has 0 bridgehead atoms. The summed E-state index contributed by atoms with van der Waals surface area (Å²) in [5.74, 6) is 1.45. The van der Waals surface area contributed by atoms with E-state index in [4.69, 9.17) is 0 Å². The fraction of sp³-hybridized carbons (Fsp3) is 0.765. The summed E-state index contributed by atoms with van der Waals surface area (Å²) < 4.78 is 0. The van der Waals surface area contributed by atoms with Crippen molar-refractivity contribution in [3.05, 3.63) is 16.6 Å². The number of hydrogen-bond donors (Lipinski definition) is 1. The van der Waals surface area contributed by atoms with Crippen molar-refractivity contribution in [1.29, 1.82) is 0 Å². The molecule has 1 saturated carbocycles. The molecular weight excluding hydrogens is 365 g/mol. The van der Waals surface area contributed by atoms with E-state index in [-0.39, 0.29) is 30.2 Å². The summed E-state index contributed by atoms with van der Waals surface area (Å²) in [4.78, 5) is 20.0. The van der Waals surface area contributed by atoms with Gasteiger partial charge in [0.2, 0.25) is 5.91 Å². The van der Waals surface area contributed by atoms with Crippen molar-refractivity contribution in [3.63, 3.8) is 0 Å². The Morgan fingerprint density at radius 3 is 2.96 bits per heavy atom. The molecule has 4 rings (SSSR count). The highest BCUT2D eigenvalue weighted by Crippen LogP contribution is 2.45. The third-order valence-corrected chi connectivity index (χ3v) is 6.91. The van der Waals surface area contributed by atoms with Gasteiger partial charge in [-0.1, -0.05) is 12.8 Å². The molecule has 1 aromatic rings. The highest BCUT2D eigenvalue weighted by molar-refractivity contribution is 7.09. The molecule has 2 aliphatic heterocycles. The molecule has 1 aliphatic carbocycles. The summed E-state index contributed by atoms with van der Waals surface area (Å²) in [5.41, 5.74) is -0.0942. The summed E-state index contributed by atoms with van der Waals surface area (Å²) in [6.45, 7) is 3.75. The molecule has 136 valence electrons. The van der Waals surface area contributed by atoms with Crippen LogP contribution in [0.25, 0.3) is 0 Å². The van der Waals surface area contributed by atoms with E-state index in [0.717, 1.165) is 39.0 Å². The van der Waals surface area contributed by atoms with Crippen molar-refractivity contribution in [1.82, 2.24) is 15.2 Å². The third-order valence-electron chi connectivity index (χ3n) is 5.97. The topological polar surface area (TPSA) is 45.2 Å². The first kappa shape index (κ1) is 20.0. The van der Waals surface area contributed by atoms with Crippen LogP contribution < -0.4 is 5.32 Å². The van der Waals surface area contributed by atoms with E-state index in [9.17, 15) is 4.79 Å². The van der Waals surface area contributed by atoms with E-state index < -0.39 is 0 Å². The molecular formula is C17H27Cl2N3OS. The van der Waals surface area contributed by atoms with Crippen LogP contribution in [0.4, 0.5) is 0 Å². The molecule has 2 saturated heterocycles. The second kappa shape index (κ2) is 8.35. The number of hydrogen-bond acceptors (Lipinski definition) is 4. The number of rotatable bonds is 2. The molecule has 4 nitrogen and oxygen atoms in total. The zero-order valence-electron chi connectivity index (χ0n) is 13.9. The summed E-state index contributed by atoms with van der Waals surface area (Å²) in [7, 11) is 0. The van der Waals surface area contributed by atoms with Gasteiger partial charge in [0.15, 0.2) is 0 Å². The third kappa shape index (κ3) is 3.46. The quantitative estimate of drug-likeness (QED) is 0.838. The van der Waals surface area contributed by atoms with E-state index in [1.54, 1.807) is 11.3 Å². The Labute approximate surface area is 160 Å². The predicted octanol–water partition coefficient (Wildman–Crippen LogP) is 3.47. The first-order chi connectivity index (χ1) is 10.8. The second-order valence-corrected chi connectivity index (χ2v) is 8.12. The maximum Gasteiger partial charge on any atom is 0.230 e. The van der Waals surface area contributed by atoms with Crippen LogP contribution in [0.5, 0.6) is 0 Å². The lowest BCUT2D eigenvalue weighted by atomic mass is 9.67.